The molecule has 1 amide bonds. The van der Waals surface area contributed by atoms with Crippen LogP contribution in [0.25, 0.3) is 0 Å². The van der Waals surface area contributed by atoms with E-state index >= 15 is 0 Å². The number of hydrogen-bond donors (Lipinski definition) is 0. The predicted molar refractivity (Wildman–Crippen MR) is 81.5 cm³/mol. The molecule has 0 unspecified atom stereocenters. The first-order valence-electron chi connectivity index (χ1n) is 7.95. The van der Waals surface area contributed by atoms with Crippen LogP contribution in [-0.4, -0.2) is 32.3 Å². The summed E-state index contributed by atoms with van der Waals surface area (Å²) in [6.45, 7) is 7.53. The van der Waals surface area contributed by atoms with Crippen LogP contribution in [0.2, 0.25) is 0 Å². The van der Waals surface area contributed by atoms with Gasteiger partial charge < -0.3 is 9.42 Å². The molecule has 118 valence electrons. The molecule has 22 heavy (non-hydrogen) atoms. The summed E-state index contributed by atoms with van der Waals surface area (Å²) in [5, 5.41) is 8.42. The Balaban J connectivity index is 1.89. The molecule has 0 bridgehead atoms. The first-order valence-corrected chi connectivity index (χ1v) is 7.95. The van der Waals surface area contributed by atoms with Crippen LogP contribution in [0.1, 0.15) is 60.2 Å². The van der Waals surface area contributed by atoms with Crippen molar-refractivity contribution in [1.82, 2.24) is 19.8 Å². The lowest BCUT2D eigenvalue weighted by atomic mass is 10.0. The second kappa shape index (κ2) is 5.94. The summed E-state index contributed by atoms with van der Waals surface area (Å²) in [6.07, 6.45) is 4.59. The van der Waals surface area contributed by atoms with Gasteiger partial charge in [-0.1, -0.05) is 12.1 Å². The average molecular weight is 302 g/mol. The van der Waals surface area contributed by atoms with E-state index in [1.807, 2.05) is 31.9 Å². The second-order valence-electron chi connectivity index (χ2n) is 5.67. The van der Waals surface area contributed by atoms with E-state index in [-0.39, 0.29) is 11.9 Å². The molecule has 2 aromatic heterocycles. The van der Waals surface area contributed by atoms with E-state index < -0.39 is 0 Å². The first kappa shape index (κ1) is 14.8. The fraction of sp³-hybridized carbons (Fsp3) is 0.562. The number of amides is 1. The van der Waals surface area contributed by atoms with Gasteiger partial charge in [0.1, 0.15) is 11.5 Å². The summed E-state index contributed by atoms with van der Waals surface area (Å²) in [5.74, 6) is 0.888. The summed E-state index contributed by atoms with van der Waals surface area (Å²) in [4.78, 5) is 14.7. The van der Waals surface area contributed by atoms with Crippen LogP contribution in [0.3, 0.4) is 0 Å². The molecule has 1 aliphatic heterocycles. The topological polar surface area (TPSA) is 64.2 Å². The van der Waals surface area contributed by atoms with Crippen LogP contribution in [0, 0.1) is 6.92 Å². The molecule has 6 heteroatoms. The smallest absolute Gasteiger partial charge is 0.274 e. The molecule has 3 heterocycles. The van der Waals surface area contributed by atoms with Gasteiger partial charge >= 0.3 is 0 Å². The second-order valence-corrected chi connectivity index (χ2v) is 5.67. The first-order chi connectivity index (χ1) is 10.7. The Morgan fingerprint density at radius 1 is 1.45 bits per heavy atom. The van der Waals surface area contributed by atoms with Gasteiger partial charge in [0.05, 0.1) is 11.7 Å². The van der Waals surface area contributed by atoms with Crippen LogP contribution in [0.15, 0.2) is 16.8 Å². The third kappa shape index (κ3) is 2.42. The monoisotopic (exact) mass is 302 g/mol. The Morgan fingerprint density at radius 3 is 2.95 bits per heavy atom. The van der Waals surface area contributed by atoms with Crippen molar-refractivity contribution in [2.24, 2.45) is 0 Å². The molecule has 6 nitrogen and oxygen atoms in total. The minimum atomic E-state index is -0.00245. The number of nitrogens with zero attached hydrogens (tertiary/aromatic N) is 4. The summed E-state index contributed by atoms with van der Waals surface area (Å²) < 4.78 is 7.18. The van der Waals surface area contributed by atoms with Crippen LogP contribution in [0.5, 0.6) is 0 Å². The van der Waals surface area contributed by atoms with Crippen molar-refractivity contribution in [2.75, 3.05) is 6.54 Å². The van der Waals surface area contributed by atoms with Crippen LogP contribution in [-0.2, 0) is 13.0 Å². The largest absolute Gasteiger partial charge is 0.361 e. The highest BCUT2D eigenvalue weighted by Gasteiger charge is 2.35. The van der Waals surface area contributed by atoms with Gasteiger partial charge in [-0.3, -0.25) is 9.48 Å². The maximum atomic E-state index is 12.8. The lowest BCUT2D eigenvalue weighted by molar-refractivity contribution is 0.0727. The van der Waals surface area contributed by atoms with Crippen LogP contribution in [0.4, 0.5) is 0 Å². The minimum Gasteiger partial charge on any atom is -0.361 e. The summed E-state index contributed by atoms with van der Waals surface area (Å²) >= 11 is 0. The van der Waals surface area contributed by atoms with Gasteiger partial charge in [0, 0.05) is 31.3 Å². The zero-order valence-corrected chi connectivity index (χ0v) is 13.4. The quantitative estimate of drug-likeness (QED) is 0.871. The van der Waals surface area contributed by atoms with Gasteiger partial charge in [-0.2, -0.15) is 5.10 Å². The zero-order chi connectivity index (χ0) is 15.7. The van der Waals surface area contributed by atoms with E-state index in [2.05, 4.69) is 10.3 Å². The molecule has 3 rings (SSSR count). The zero-order valence-electron chi connectivity index (χ0n) is 13.4. The highest BCUT2D eigenvalue weighted by molar-refractivity contribution is 5.92. The summed E-state index contributed by atoms with van der Waals surface area (Å²) in [7, 11) is 0. The number of carbonyl (C=O) groups excluding carboxylic acids is 1. The van der Waals surface area contributed by atoms with Crippen LogP contribution >= 0.6 is 0 Å². The van der Waals surface area contributed by atoms with E-state index in [4.69, 9.17) is 4.52 Å². The Labute approximate surface area is 130 Å². The molecular formula is C16H22N4O2. The van der Waals surface area contributed by atoms with E-state index in [9.17, 15) is 4.79 Å². The SMILES string of the molecule is CCc1onc(C)c1[C@H]1CCCN1C(=O)c1ccn(CC)n1. The van der Waals surface area contributed by atoms with Crippen molar-refractivity contribution in [3.05, 3.63) is 35.0 Å². The summed E-state index contributed by atoms with van der Waals surface area (Å²) in [6, 6.07) is 1.85. The van der Waals surface area contributed by atoms with Gasteiger partial charge in [-0.15, -0.1) is 0 Å². The van der Waals surface area contributed by atoms with Crippen molar-refractivity contribution in [1.29, 1.82) is 0 Å². The average Bonchev–Trinajstić information content (AvgIpc) is 3.24. The highest BCUT2D eigenvalue weighted by atomic mass is 16.5. The number of aryl methyl sites for hydroxylation is 3. The number of aromatic nitrogens is 3. The van der Waals surface area contributed by atoms with Crippen molar-refractivity contribution in [3.8, 4) is 0 Å². The molecule has 0 aliphatic carbocycles. The number of likely N-dealkylation sites (tertiary alicyclic amines) is 1. The van der Waals surface area contributed by atoms with E-state index in [1.54, 1.807) is 10.7 Å². The van der Waals surface area contributed by atoms with Crippen LogP contribution < -0.4 is 0 Å². The minimum absolute atomic E-state index is 0.00245. The molecule has 1 aliphatic rings. The lowest BCUT2D eigenvalue weighted by Crippen LogP contribution is -2.31. The lowest BCUT2D eigenvalue weighted by Gasteiger charge is -2.24. The predicted octanol–water partition coefficient (Wildman–Crippen LogP) is 2.74. The molecule has 0 radical (unpaired) electrons. The third-order valence-electron chi connectivity index (χ3n) is 4.33. The van der Waals surface area contributed by atoms with E-state index in [1.165, 1.54) is 0 Å². The standard InChI is InChI=1S/C16H22N4O2/c1-4-14-15(11(3)18-22-14)13-7-6-9-20(13)16(21)12-8-10-19(5-2)17-12/h8,10,13H,4-7,9H2,1-3H3/t13-/m1/s1. The molecule has 1 fully saturated rings. The van der Waals surface area contributed by atoms with Gasteiger partial charge in [0.15, 0.2) is 0 Å². The van der Waals surface area contributed by atoms with Crippen molar-refractivity contribution < 1.29 is 9.32 Å². The maximum absolute atomic E-state index is 12.8. The van der Waals surface area contributed by atoms with Crippen molar-refractivity contribution in [3.63, 3.8) is 0 Å². The molecule has 0 N–H and O–H groups in total. The Kier molecular flexibility index (Phi) is 4.00. The Hall–Kier alpha value is -2.11. The molecule has 0 aromatic carbocycles. The molecule has 0 saturated carbocycles. The molecule has 0 spiro atoms. The molecule has 1 atom stereocenters. The van der Waals surface area contributed by atoms with E-state index in [0.717, 1.165) is 49.4 Å². The van der Waals surface area contributed by atoms with Crippen molar-refractivity contribution >= 4 is 5.91 Å². The summed E-state index contributed by atoms with van der Waals surface area (Å²) in [5.41, 5.74) is 2.49. The number of carbonyl (C=O) groups is 1. The van der Waals surface area contributed by atoms with E-state index in [0.29, 0.717) is 5.69 Å². The van der Waals surface area contributed by atoms with Gasteiger partial charge in [-0.05, 0) is 32.8 Å². The Morgan fingerprint density at radius 2 is 2.27 bits per heavy atom. The fourth-order valence-electron chi connectivity index (χ4n) is 3.21. The number of hydrogen-bond acceptors (Lipinski definition) is 4. The molecule has 2 aromatic rings. The van der Waals surface area contributed by atoms with Gasteiger partial charge in [-0.25, -0.2) is 0 Å². The van der Waals surface area contributed by atoms with Gasteiger partial charge in [0.25, 0.3) is 5.91 Å². The Bertz CT molecular complexity index is 673. The third-order valence-corrected chi connectivity index (χ3v) is 4.33. The number of rotatable bonds is 4. The van der Waals surface area contributed by atoms with Gasteiger partial charge in [0.2, 0.25) is 0 Å². The van der Waals surface area contributed by atoms with Crippen molar-refractivity contribution in [2.45, 2.75) is 52.6 Å². The highest BCUT2D eigenvalue weighted by Crippen LogP contribution is 2.36. The maximum Gasteiger partial charge on any atom is 0.274 e. The molecular weight excluding hydrogens is 280 g/mol. The fourth-order valence-corrected chi connectivity index (χ4v) is 3.21. The normalized spacial score (nSPS) is 18.1. The molecule has 1 saturated heterocycles.